The monoisotopic (exact) mass is 226 g/mol. The highest BCUT2D eigenvalue weighted by molar-refractivity contribution is 4.84. The van der Waals surface area contributed by atoms with Gasteiger partial charge < -0.3 is 0 Å². The lowest BCUT2D eigenvalue weighted by Gasteiger charge is -2.19. The van der Waals surface area contributed by atoms with Crippen molar-refractivity contribution in [2.45, 2.75) is 61.3 Å². The largest absolute Gasteiger partial charge is 0.106 e. The van der Waals surface area contributed by atoms with Crippen LogP contribution in [-0.4, -0.2) is 0 Å². The predicted octanol–water partition coefficient (Wildman–Crippen LogP) is 5.79. The van der Waals surface area contributed by atoms with E-state index in [2.05, 4.69) is 47.8 Å². The van der Waals surface area contributed by atoms with E-state index in [9.17, 15) is 0 Å². The van der Waals surface area contributed by atoms with Crippen molar-refractivity contribution in [3.8, 4) is 0 Å². The van der Waals surface area contributed by atoms with Gasteiger partial charge in [0.05, 0.1) is 0 Å². The molecule has 0 saturated heterocycles. The summed E-state index contributed by atoms with van der Waals surface area (Å²) in [6, 6.07) is 0. The van der Waals surface area contributed by atoms with Crippen molar-refractivity contribution in [1.82, 2.24) is 0 Å². The van der Waals surface area contributed by atoms with Crippen LogP contribution in [0.5, 0.6) is 0 Å². The maximum absolute atomic E-state index is 3.00. The third-order valence-electron chi connectivity index (χ3n) is 3.92. The molecule has 0 aliphatic heterocycles. The summed E-state index contributed by atoms with van der Waals surface area (Å²) >= 11 is 0. The molecule has 4 unspecified atom stereocenters. The molecule has 0 spiro atoms. The molecule has 16 heavy (non-hydrogen) atoms. The Bertz CT molecular complexity index is 146. The first-order chi connectivity index (χ1) is 7.52. The number of hydrogen-bond acceptors (Lipinski definition) is 0. The molecule has 0 heteroatoms. The molecule has 0 radical (unpaired) electrons. The highest BCUT2D eigenvalue weighted by Crippen LogP contribution is 2.43. The third-order valence-corrected chi connectivity index (χ3v) is 3.92. The fraction of sp³-hybridized carbons (Fsp3) is 0.875. The lowest BCUT2D eigenvalue weighted by atomic mass is 9.86. The van der Waals surface area contributed by atoms with Crippen molar-refractivity contribution in [2.75, 3.05) is 0 Å². The number of hydrogen-bond donors (Lipinski definition) is 0. The molecule has 1 aliphatic carbocycles. The standard InChI is InChI=1S/C12H24.C2H6.C2H4/c1-8(2)6-12-7-9(3)10(4)11(12)5;2*1-2/h8-12H,6-7H2,1-5H3;1-2H3;1-2H2. The van der Waals surface area contributed by atoms with Gasteiger partial charge in [-0.3, -0.25) is 0 Å². The van der Waals surface area contributed by atoms with Crippen molar-refractivity contribution >= 4 is 0 Å². The van der Waals surface area contributed by atoms with E-state index in [-0.39, 0.29) is 0 Å². The Labute approximate surface area is 105 Å². The van der Waals surface area contributed by atoms with Crippen molar-refractivity contribution in [2.24, 2.45) is 29.6 Å². The normalized spacial score (nSPS) is 32.5. The topological polar surface area (TPSA) is 0 Å². The molecule has 1 saturated carbocycles. The second kappa shape index (κ2) is 9.93. The molecule has 1 rings (SSSR count). The van der Waals surface area contributed by atoms with E-state index >= 15 is 0 Å². The number of rotatable bonds is 2. The van der Waals surface area contributed by atoms with Crippen LogP contribution in [0, 0.1) is 29.6 Å². The third kappa shape index (κ3) is 5.72. The van der Waals surface area contributed by atoms with Crippen LogP contribution in [0.3, 0.4) is 0 Å². The Balaban J connectivity index is 0. The summed E-state index contributed by atoms with van der Waals surface area (Å²) in [7, 11) is 0. The zero-order valence-corrected chi connectivity index (χ0v) is 12.7. The summed E-state index contributed by atoms with van der Waals surface area (Å²) < 4.78 is 0. The maximum atomic E-state index is 3.00. The Morgan fingerprint density at radius 2 is 1.44 bits per heavy atom. The molecule has 0 aromatic heterocycles. The molecular formula is C16H34. The first-order valence-electron chi connectivity index (χ1n) is 7.02. The van der Waals surface area contributed by atoms with Gasteiger partial charge in [-0.1, -0.05) is 48.5 Å². The average molecular weight is 226 g/mol. The Hall–Kier alpha value is -0.260. The van der Waals surface area contributed by atoms with Crippen LogP contribution in [0.25, 0.3) is 0 Å². The molecule has 0 aromatic carbocycles. The van der Waals surface area contributed by atoms with Gasteiger partial charge in [0.25, 0.3) is 0 Å². The van der Waals surface area contributed by atoms with Gasteiger partial charge in [-0.05, 0) is 42.4 Å². The molecule has 0 N–H and O–H groups in total. The Morgan fingerprint density at radius 1 is 1.00 bits per heavy atom. The summed E-state index contributed by atoms with van der Waals surface area (Å²) in [6.45, 7) is 22.0. The molecule has 98 valence electrons. The van der Waals surface area contributed by atoms with E-state index < -0.39 is 0 Å². The molecule has 0 aromatic rings. The second-order valence-corrected chi connectivity index (χ2v) is 5.32. The van der Waals surface area contributed by atoms with Crippen LogP contribution in [0.15, 0.2) is 13.2 Å². The van der Waals surface area contributed by atoms with Gasteiger partial charge in [0, 0.05) is 0 Å². The van der Waals surface area contributed by atoms with E-state index in [1.165, 1.54) is 12.8 Å². The molecule has 0 bridgehead atoms. The van der Waals surface area contributed by atoms with Gasteiger partial charge in [0.15, 0.2) is 0 Å². The summed E-state index contributed by atoms with van der Waals surface area (Å²) in [6.07, 6.45) is 2.91. The molecule has 4 atom stereocenters. The minimum absolute atomic E-state index is 0.884. The molecule has 0 heterocycles. The lowest BCUT2D eigenvalue weighted by molar-refractivity contribution is 0.302. The van der Waals surface area contributed by atoms with Crippen LogP contribution in [-0.2, 0) is 0 Å². The average Bonchev–Trinajstić information content (AvgIpc) is 2.51. The van der Waals surface area contributed by atoms with Crippen LogP contribution in [0.4, 0.5) is 0 Å². The van der Waals surface area contributed by atoms with Gasteiger partial charge in [-0.2, -0.15) is 0 Å². The zero-order chi connectivity index (χ0) is 13.3. The lowest BCUT2D eigenvalue weighted by Crippen LogP contribution is -2.11. The Morgan fingerprint density at radius 3 is 1.69 bits per heavy atom. The highest BCUT2D eigenvalue weighted by Gasteiger charge is 2.34. The first kappa shape index (κ1) is 18.1. The van der Waals surface area contributed by atoms with E-state index in [1.54, 1.807) is 0 Å². The van der Waals surface area contributed by atoms with Gasteiger partial charge in [-0.15, -0.1) is 13.2 Å². The van der Waals surface area contributed by atoms with Crippen LogP contribution in [0.2, 0.25) is 0 Å². The van der Waals surface area contributed by atoms with E-state index in [4.69, 9.17) is 0 Å². The van der Waals surface area contributed by atoms with Crippen molar-refractivity contribution < 1.29 is 0 Å². The molecule has 1 fully saturated rings. The van der Waals surface area contributed by atoms with E-state index in [0.717, 1.165) is 29.6 Å². The SMILES string of the molecule is C=C.CC.CC(C)CC1CC(C)C(C)C1C. The second-order valence-electron chi connectivity index (χ2n) is 5.32. The smallest absolute Gasteiger partial charge is 0.0381 e. The minimum Gasteiger partial charge on any atom is -0.106 e. The molecule has 1 aliphatic rings. The van der Waals surface area contributed by atoms with Crippen molar-refractivity contribution in [3.63, 3.8) is 0 Å². The predicted molar refractivity (Wildman–Crippen MR) is 77.7 cm³/mol. The van der Waals surface area contributed by atoms with Gasteiger partial charge in [0.1, 0.15) is 0 Å². The van der Waals surface area contributed by atoms with Crippen molar-refractivity contribution in [1.29, 1.82) is 0 Å². The fourth-order valence-corrected chi connectivity index (χ4v) is 2.77. The zero-order valence-electron chi connectivity index (χ0n) is 12.7. The minimum atomic E-state index is 0.884. The van der Waals surface area contributed by atoms with Gasteiger partial charge in [0.2, 0.25) is 0 Å². The summed E-state index contributed by atoms with van der Waals surface area (Å²) in [5, 5.41) is 0. The Kier molecular flexibility index (Phi) is 11.2. The van der Waals surface area contributed by atoms with Crippen LogP contribution >= 0.6 is 0 Å². The molecule has 0 nitrogen and oxygen atoms in total. The van der Waals surface area contributed by atoms with Gasteiger partial charge >= 0.3 is 0 Å². The van der Waals surface area contributed by atoms with Crippen LogP contribution in [0.1, 0.15) is 61.3 Å². The summed E-state index contributed by atoms with van der Waals surface area (Å²) in [4.78, 5) is 0. The summed E-state index contributed by atoms with van der Waals surface area (Å²) in [5.41, 5.74) is 0. The maximum Gasteiger partial charge on any atom is -0.0381 e. The van der Waals surface area contributed by atoms with Crippen LogP contribution < -0.4 is 0 Å². The molecular weight excluding hydrogens is 192 g/mol. The van der Waals surface area contributed by atoms with Gasteiger partial charge in [-0.25, -0.2) is 0 Å². The fourth-order valence-electron chi connectivity index (χ4n) is 2.77. The van der Waals surface area contributed by atoms with E-state index in [1.807, 2.05) is 13.8 Å². The molecule has 0 amide bonds. The quantitative estimate of drug-likeness (QED) is 0.523. The van der Waals surface area contributed by atoms with E-state index in [0.29, 0.717) is 0 Å². The summed E-state index contributed by atoms with van der Waals surface area (Å²) in [5.74, 6) is 4.77. The highest BCUT2D eigenvalue weighted by atomic mass is 14.4. The van der Waals surface area contributed by atoms with Crippen molar-refractivity contribution in [3.05, 3.63) is 13.2 Å². The first-order valence-corrected chi connectivity index (χ1v) is 7.02.